The molecule has 3 rings (SSSR count). The molecule has 0 aliphatic carbocycles. The first-order chi connectivity index (χ1) is 11.1. The van der Waals surface area contributed by atoms with Crippen molar-refractivity contribution >= 4 is 11.6 Å². The van der Waals surface area contributed by atoms with Crippen molar-refractivity contribution in [3.63, 3.8) is 0 Å². The molecule has 0 amide bonds. The van der Waals surface area contributed by atoms with Gasteiger partial charge < -0.3 is 10.1 Å². The Morgan fingerprint density at radius 3 is 2.78 bits per heavy atom. The van der Waals surface area contributed by atoms with Crippen molar-refractivity contribution in [1.29, 1.82) is 0 Å². The summed E-state index contributed by atoms with van der Waals surface area (Å²) >= 11 is 6.10. The zero-order valence-corrected chi connectivity index (χ0v) is 14.3. The van der Waals surface area contributed by atoms with Gasteiger partial charge in [0.05, 0.1) is 5.02 Å². The Bertz CT molecular complexity index is 645. The lowest BCUT2D eigenvalue weighted by Crippen LogP contribution is -2.48. The highest BCUT2D eigenvalue weighted by molar-refractivity contribution is 6.32. The lowest BCUT2D eigenvalue weighted by Gasteiger charge is -2.36. The average Bonchev–Trinajstić information content (AvgIpc) is 2.58. The number of para-hydroxylation sites is 1. The average molecular weight is 332 g/mol. The maximum Gasteiger partial charge on any atom is 0.219 e. The van der Waals surface area contributed by atoms with Crippen LogP contribution in [-0.4, -0.2) is 35.6 Å². The van der Waals surface area contributed by atoms with Crippen molar-refractivity contribution in [3.05, 3.63) is 53.2 Å². The van der Waals surface area contributed by atoms with Crippen LogP contribution in [0.3, 0.4) is 0 Å². The molecular formula is C18H22ClN3O. The van der Waals surface area contributed by atoms with Gasteiger partial charge in [-0.25, -0.2) is 4.98 Å². The first kappa shape index (κ1) is 16.2. The van der Waals surface area contributed by atoms with Crippen LogP contribution in [0.25, 0.3) is 0 Å². The van der Waals surface area contributed by atoms with Gasteiger partial charge in [-0.1, -0.05) is 29.8 Å². The van der Waals surface area contributed by atoms with Crippen molar-refractivity contribution in [3.8, 4) is 11.6 Å². The van der Waals surface area contributed by atoms with Gasteiger partial charge >= 0.3 is 0 Å². The fraction of sp³-hybridized carbons (Fsp3) is 0.389. The summed E-state index contributed by atoms with van der Waals surface area (Å²) < 4.78 is 5.74. The van der Waals surface area contributed by atoms with E-state index in [0.717, 1.165) is 19.6 Å². The fourth-order valence-corrected chi connectivity index (χ4v) is 2.94. The number of benzene rings is 1. The number of nitrogens with one attached hydrogen (secondary N) is 1. The minimum Gasteiger partial charge on any atom is -0.437 e. The highest BCUT2D eigenvalue weighted by Gasteiger charge is 2.22. The van der Waals surface area contributed by atoms with E-state index in [0.29, 0.717) is 28.7 Å². The molecule has 1 aliphatic heterocycles. The second kappa shape index (κ2) is 7.30. The van der Waals surface area contributed by atoms with Gasteiger partial charge in [0.1, 0.15) is 5.75 Å². The number of piperazine rings is 1. The molecule has 1 atom stereocenters. The van der Waals surface area contributed by atoms with Gasteiger partial charge in [-0.3, -0.25) is 4.90 Å². The number of ether oxygens (including phenoxy) is 1. The predicted octanol–water partition coefficient (Wildman–Crippen LogP) is 3.88. The van der Waals surface area contributed by atoms with Crippen LogP contribution in [0.5, 0.6) is 11.6 Å². The number of aromatic nitrogens is 1. The van der Waals surface area contributed by atoms with E-state index in [1.54, 1.807) is 6.07 Å². The molecule has 1 aromatic heterocycles. The number of halogens is 1. The third kappa shape index (κ3) is 4.02. The largest absolute Gasteiger partial charge is 0.437 e. The molecule has 2 heterocycles. The van der Waals surface area contributed by atoms with Gasteiger partial charge in [-0.05, 0) is 31.5 Å². The molecule has 1 saturated heterocycles. The van der Waals surface area contributed by atoms with Crippen molar-refractivity contribution in [2.45, 2.75) is 25.9 Å². The highest BCUT2D eigenvalue weighted by atomic mass is 35.5. The van der Waals surface area contributed by atoms with Crippen molar-refractivity contribution in [2.75, 3.05) is 19.6 Å². The van der Waals surface area contributed by atoms with Crippen LogP contribution < -0.4 is 10.1 Å². The van der Waals surface area contributed by atoms with Gasteiger partial charge in [0.15, 0.2) is 0 Å². The van der Waals surface area contributed by atoms with Crippen molar-refractivity contribution in [1.82, 2.24) is 15.2 Å². The summed E-state index contributed by atoms with van der Waals surface area (Å²) in [6.07, 6.45) is 1.88. The number of nitrogens with zero attached hydrogens (tertiary/aromatic N) is 2. The van der Waals surface area contributed by atoms with Crippen molar-refractivity contribution < 1.29 is 4.74 Å². The fourth-order valence-electron chi connectivity index (χ4n) is 2.76. The third-order valence-corrected chi connectivity index (χ3v) is 4.46. The number of hydrogen-bond donors (Lipinski definition) is 1. The van der Waals surface area contributed by atoms with E-state index in [4.69, 9.17) is 16.3 Å². The summed E-state index contributed by atoms with van der Waals surface area (Å²) in [6, 6.07) is 12.3. The molecule has 4 nitrogen and oxygen atoms in total. The summed E-state index contributed by atoms with van der Waals surface area (Å²) in [5.74, 6) is 1.18. The van der Waals surface area contributed by atoms with Crippen LogP contribution in [0, 0.1) is 0 Å². The van der Waals surface area contributed by atoms with E-state index in [-0.39, 0.29) is 0 Å². The number of hydrogen-bond acceptors (Lipinski definition) is 4. The molecule has 1 N–H and O–H groups in total. The van der Waals surface area contributed by atoms with Gasteiger partial charge in [-0.15, -0.1) is 0 Å². The number of pyridine rings is 1. The summed E-state index contributed by atoms with van der Waals surface area (Å²) in [5.41, 5.74) is 1.18. The van der Waals surface area contributed by atoms with E-state index in [9.17, 15) is 0 Å². The molecule has 122 valence electrons. The molecule has 1 unspecified atom stereocenters. The molecule has 23 heavy (non-hydrogen) atoms. The first-order valence-corrected chi connectivity index (χ1v) is 8.37. The molecule has 0 bridgehead atoms. The lowest BCUT2D eigenvalue weighted by molar-refractivity contribution is 0.162. The van der Waals surface area contributed by atoms with E-state index in [2.05, 4.69) is 35.1 Å². The molecule has 1 aromatic carbocycles. The predicted molar refractivity (Wildman–Crippen MR) is 93.2 cm³/mol. The maximum atomic E-state index is 6.10. The Morgan fingerprint density at radius 1 is 1.26 bits per heavy atom. The summed E-state index contributed by atoms with van der Waals surface area (Å²) in [5, 5.41) is 4.14. The Kier molecular flexibility index (Phi) is 5.16. The van der Waals surface area contributed by atoms with Gasteiger partial charge in [0.2, 0.25) is 5.88 Å². The molecule has 5 heteroatoms. The zero-order valence-electron chi connectivity index (χ0n) is 13.5. The highest BCUT2D eigenvalue weighted by Crippen LogP contribution is 2.28. The van der Waals surface area contributed by atoms with Gasteiger partial charge in [0, 0.05) is 44.0 Å². The van der Waals surface area contributed by atoms with E-state index in [1.807, 2.05) is 30.5 Å². The molecule has 0 saturated carbocycles. The molecular weight excluding hydrogens is 310 g/mol. The topological polar surface area (TPSA) is 37.4 Å². The molecule has 0 spiro atoms. The zero-order chi connectivity index (χ0) is 16.2. The quantitative estimate of drug-likeness (QED) is 0.922. The monoisotopic (exact) mass is 331 g/mol. The Hall–Kier alpha value is -1.62. The number of rotatable bonds is 4. The second-order valence-corrected chi connectivity index (χ2v) is 6.46. The van der Waals surface area contributed by atoms with E-state index >= 15 is 0 Å². The minimum atomic E-state index is 0.313. The van der Waals surface area contributed by atoms with Crippen LogP contribution in [0.2, 0.25) is 5.02 Å². The molecule has 1 aliphatic rings. The Morgan fingerprint density at radius 2 is 2.09 bits per heavy atom. The minimum absolute atomic E-state index is 0.313. The van der Waals surface area contributed by atoms with E-state index < -0.39 is 0 Å². The lowest BCUT2D eigenvalue weighted by atomic mass is 10.1. The standard InChI is InChI=1S/C18H22ClN3O/c1-13(2)22-10-9-20-16(12-22)14-7-8-18(21-11-14)23-17-6-4-3-5-15(17)19/h3-8,11,13,16,20H,9-10,12H2,1-2H3. The van der Waals surface area contributed by atoms with Crippen LogP contribution in [0.1, 0.15) is 25.5 Å². The summed E-state index contributed by atoms with van der Waals surface area (Å²) in [7, 11) is 0. The SMILES string of the molecule is CC(C)N1CCNC(c2ccc(Oc3ccccc3Cl)nc2)C1. The second-order valence-electron chi connectivity index (χ2n) is 6.06. The van der Waals surface area contributed by atoms with Crippen LogP contribution in [0.15, 0.2) is 42.6 Å². The Labute approximate surface area is 142 Å². The molecule has 2 aromatic rings. The summed E-state index contributed by atoms with van der Waals surface area (Å²) in [6.45, 7) is 7.57. The first-order valence-electron chi connectivity index (χ1n) is 7.99. The summed E-state index contributed by atoms with van der Waals surface area (Å²) in [4.78, 5) is 6.90. The van der Waals surface area contributed by atoms with Crippen molar-refractivity contribution in [2.24, 2.45) is 0 Å². The maximum absolute atomic E-state index is 6.10. The smallest absolute Gasteiger partial charge is 0.219 e. The molecule has 0 radical (unpaired) electrons. The van der Waals surface area contributed by atoms with E-state index in [1.165, 1.54) is 5.56 Å². The Balaban J connectivity index is 1.68. The van der Waals surface area contributed by atoms with Gasteiger partial charge in [-0.2, -0.15) is 0 Å². The third-order valence-electron chi connectivity index (χ3n) is 4.15. The van der Waals surface area contributed by atoms with Gasteiger partial charge in [0.25, 0.3) is 0 Å². The normalized spacial score (nSPS) is 19.0. The molecule has 1 fully saturated rings. The van der Waals surface area contributed by atoms with Crippen LogP contribution in [0.4, 0.5) is 0 Å². The van der Waals surface area contributed by atoms with Crippen LogP contribution >= 0.6 is 11.6 Å². The van der Waals surface area contributed by atoms with Crippen LogP contribution in [-0.2, 0) is 0 Å².